The Hall–Kier alpha value is -0.900. The first-order chi connectivity index (χ1) is 8.97. The minimum absolute atomic E-state index is 0.249. The molecule has 0 fully saturated rings. The highest BCUT2D eigenvalue weighted by molar-refractivity contribution is 9.10. The smallest absolute Gasteiger partial charge is 0.127 e. The summed E-state index contributed by atoms with van der Waals surface area (Å²) in [4.78, 5) is 0. The van der Waals surface area contributed by atoms with Crippen LogP contribution in [0, 0.1) is 12.7 Å². The van der Waals surface area contributed by atoms with Gasteiger partial charge in [0.25, 0.3) is 0 Å². The van der Waals surface area contributed by atoms with Crippen LogP contribution in [0.1, 0.15) is 22.7 Å². The number of hydrogen-bond acceptors (Lipinski definition) is 1. The second kappa shape index (κ2) is 6.04. The van der Waals surface area contributed by atoms with Crippen LogP contribution < -0.4 is 5.73 Å². The molecule has 0 saturated heterocycles. The van der Waals surface area contributed by atoms with E-state index in [0.717, 1.165) is 15.6 Å². The number of halogens is 3. The molecule has 4 heteroatoms. The van der Waals surface area contributed by atoms with Gasteiger partial charge in [-0.15, -0.1) is 0 Å². The van der Waals surface area contributed by atoms with Crippen molar-refractivity contribution in [1.29, 1.82) is 0 Å². The van der Waals surface area contributed by atoms with E-state index in [-0.39, 0.29) is 11.9 Å². The minimum atomic E-state index is -0.302. The molecule has 0 heterocycles. The predicted molar refractivity (Wildman–Crippen MR) is 80.9 cm³/mol. The van der Waals surface area contributed by atoms with Gasteiger partial charge in [0, 0.05) is 15.5 Å². The number of rotatable bonds is 3. The van der Waals surface area contributed by atoms with Crippen LogP contribution in [0.15, 0.2) is 40.9 Å². The van der Waals surface area contributed by atoms with Gasteiger partial charge in [-0.3, -0.25) is 0 Å². The first-order valence-electron chi connectivity index (χ1n) is 5.93. The molecule has 2 N–H and O–H groups in total. The van der Waals surface area contributed by atoms with Crippen molar-refractivity contribution in [2.24, 2.45) is 5.73 Å². The first kappa shape index (κ1) is 14.5. The van der Waals surface area contributed by atoms with Crippen molar-refractivity contribution >= 4 is 27.5 Å². The Balaban J connectivity index is 2.25. The Morgan fingerprint density at radius 1 is 1.32 bits per heavy atom. The molecule has 0 amide bonds. The summed E-state index contributed by atoms with van der Waals surface area (Å²) in [6.45, 7) is 1.71. The second-order valence-electron chi connectivity index (χ2n) is 4.56. The fraction of sp³-hybridized carbons (Fsp3) is 0.200. The van der Waals surface area contributed by atoms with Gasteiger partial charge in [0.1, 0.15) is 5.82 Å². The maximum absolute atomic E-state index is 13.4. The summed E-state index contributed by atoms with van der Waals surface area (Å²) in [5.41, 5.74) is 8.62. The maximum atomic E-state index is 13.4. The summed E-state index contributed by atoms with van der Waals surface area (Å²) in [5.74, 6) is -0.302. The lowest BCUT2D eigenvalue weighted by molar-refractivity contribution is 0.615. The number of benzene rings is 2. The molecule has 0 bridgehead atoms. The third-order valence-electron chi connectivity index (χ3n) is 3.02. The quantitative estimate of drug-likeness (QED) is 0.852. The number of nitrogens with two attached hydrogens (primary N) is 1. The molecule has 0 aliphatic carbocycles. The van der Waals surface area contributed by atoms with Gasteiger partial charge >= 0.3 is 0 Å². The highest BCUT2D eigenvalue weighted by Crippen LogP contribution is 2.27. The standard InChI is InChI=1S/C15H14BrClFN/c1-9-5-12(13(17)8-14(9)18)15(19)7-10-3-2-4-11(16)6-10/h2-6,8,15H,7,19H2,1H3. The van der Waals surface area contributed by atoms with E-state index >= 15 is 0 Å². The number of aryl methyl sites for hydroxylation is 1. The normalized spacial score (nSPS) is 12.5. The predicted octanol–water partition coefficient (Wildman–Crippen LogP) is 4.79. The van der Waals surface area contributed by atoms with Crippen LogP contribution >= 0.6 is 27.5 Å². The van der Waals surface area contributed by atoms with E-state index in [0.29, 0.717) is 17.0 Å². The molecule has 2 aromatic carbocycles. The largest absolute Gasteiger partial charge is 0.324 e. The summed E-state index contributed by atoms with van der Waals surface area (Å²) >= 11 is 9.49. The molecular weight excluding hydrogens is 329 g/mol. The van der Waals surface area contributed by atoms with Gasteiger partial charge in [-0.1, -0.05) is 45.7 Å². The molecule has 1 nitrogen and oxygen atoms in total. The van der Waals surface area contributed by atoms with Crippen LogP contribution in [0.5, 0.6) is 0 Å². The van der Waals surface area contributed by atoms with E-state index < -0.39 is 0 Å². The zero-order valence-electron chi connectivity index (χ0n) is 10.5. The van der Waals surface area contributed by atoms with Crippen LogP contribution in [0.2, 0.25) is 5.02 Å². The monoisotopic (exact) mass is 341 g/mol. The lowest BCUT2D eigenvalue weighted by atomic mass is 9.98. The van der Waals surface area contributed by atoms with Crippen LogP contribution in [-0.2, 0) is 6.42 Å². The van der Waals surface area contributed by atoms with E-state index in [1.807, 2.05) is 24.3 Å². The molecule has 0 radical (unpaired) electrons. The SMILES string of the molecule is Cc1cc(C(N)Cc2cccc(Br)c2)c(Cl)cc1F. The van der Waals surface area contributed by atoms with Gasteiger partial charge in [-0.05, 0) is 48.2 Å². The molecule has 0 aromatic heterocycles. The van der Waals surface area contributed by atoms with Crippen molar-refractivity contribution in [1.82, 2.24) is 0 Å². The maximum Gasteiger partial charge on any atom is 0.127 e. The highest BCUT2D eigenvalue weighted by atomic mass is 79.9. The van der Waals surface area contributed by atoms with Crippen molar-refractivity contribution in [3.63, 3.8) is 0 Å². The fourth-order valence-corrected chi connectivity index (χ4v) is 2.73. The molecule has 0 aliphatic heterocycles. The van der Waals surface area contributed by atoms with E-state index in [9.17, 15) is 4.39 Å². The molecule has 2 rings (SSSR count). The molecule has 1 atom stereocenters. The average Bonchev–Trinajstić information content (AvgIpc) is 2.33. The van der Waals surface area contributed by atoms with Crippen LogP contribution in [0.4, 0.5) is 4.39 Å². The van der Waals surface area contributed by atoms with Gasteiger partial charge in [-0.25, -0.2) is 4.39 Å². The van der Waals surface area contributed by atoms with Gasteiger partial charge in [0.05, 0.1) is 0 Å². The molecule has 19 heavy (non-hydrogen) atoms. The molecular formula is C15H14BrClFN. The Kier molecular flexibility index (Phi) is 4.61. The van der Waals surface area contributed by atoms with Gasteiger partial charge in [0.2, 0.25) is 0 Å². The van der Waals surface area contributed by atoms with E-state index in [2.05, 4.69) is 15.9 Å². The van der Waals surface area contributed by atoms with Gasteiger partial charge in [0.15, 0.2) is 0 Å². The van der Waals surface area contributed by atoms with Crippen molar-refractivity contribution < 1.29 is 4.39 Å². The summed E-state index contributed by atoms with van der Waals surface area (Å²) in [6.07, 6.45) is 0.657. The highest BCUT2D eigenvalue weighted by Gasteiger charge is 2.13. The Labute approximate surface area is 125 Å². The first-order valence-corrected chi connectivity index (χ1v) is 7.10. The van der Waals surface area contributed by atoms with Crippen molar-refractivity contribution in [3.05, 3.63) is 68.4 Å². The van der Waals surface area contributed by atoms with Crippen LogP contribution in [0.25, 0.3) is 0 Å². The van der Waals surface area contributed by atoms with Crippen molar-refractivity contribution in [2.45, 2.75) is 19.4 Å². The van der Waals surface area contributed by atoms with E-state index in [1.165, 1.54) is 6.07 Å². The Bertz CT molecular complexity index is 601. The van der Waals surface area contributed by atoms with E-state index in [4.69, 9.17) is 17.3 Å². The minimum Gasteiger partial charge on any atom is -0.324 e. The molecule has 100 valence electrons. The van der Waals surface area contributed by atoms with Crippen molar-refractivity contribution in [3.8, 4) is 0 Å². The van der Waals surface area contributed by atoms with Crippen LogP contribution in [-0.4, -0.2) is 0 Å². The Morgan fingerprint density at radius 2 is 2.05 bits per heavy atom. The van der Waals surface area contributed by atoms with Gasteiger partial charge in [-0.2, -0.15) is 0 Å². The summed E-state index contributed by atoms with van der Waals surface area (Å²) in [7, 11) is 0. The molecule has 0 saturated carbocycles. The summed E-state index contributed by atoms with van der Waals surface area (Å²) in [6, 6.07) is 10.8. The molecule has 0 aliphatic rings. The summed E-state index contributed by atoms with van der Waals surface area (Å²) in [5, 5.41) is 0.380. The Morgan fingerprint density at radius 3 is 2.74 bits per heavy atom. The topological polar surface area (TPSA) is 26.0 Å². The fourth-order valence-electron chi connectivity index (χ4n) is 1.99. The lowest BCUT2D eigenvalue weighted by Gasteiger charge is -2.15. The molecule has 1 unspecified atom stereocenters. The van der Waals surface area contributed by atoms with Crippen LogP contribution in [0.3, 0.4) is 0 Å². The third kappa shape index (κ3) is 3.56. The lowest BCUT2D eigenvalue weighted by Crippen LogP contribution is -2.14. The summed E-state index contributed by atoms with van der Waals surface area (Å²) < 4.78 is 14.4. The zero-order chi connectivity index (χ0) is 14.0. The molecule has 2 aromatic rings. The zero-order valence-corrected chi connectivity index (χ0v) is 12.8. The number of hydrogen-bond donors (Lipinski definition) is 1. The third-order valence-corrected chi connectivity index (χ3v) is 3.84. The average molecular weight is 343 g/mol. The van der Waals surface area contributed by atoms with E-state index in [1.54, 1.807) is 13.0 Å². The van der Waals surface area contributed by atoms with Crippen molar-refractivity contribution in [2.75, 3.05) is 0 Å². The second-order valence-corrected chi connectivity index (χ2v) is 5.89. The van der Waals surface area contributed by atoms with Gasteiger partial charge < -0.3 is 5.73 Å². The molecule has 0 spiro atoms.